The fourth-order valence-electron chi connectivity index (χ4n) is 7.56. The number of ether oxygens (including phenoxy) is 1. The van der Waals surface area contributed by atoms with Gasteiger partial charge in [0.15, 0.2) is 0 Å². The topological polar surface area (TPSA) is 107 Å². The quantitative estimate of drug-likeness (QED) is 0.381. The summed E-state index contributed by atoms with van der Waals surface area (Å²) in [6, 6.07) is 7.22. The van der Waals surface area contributed by atoms with Gasteiger partial charge in [-0.25, -0.2) is 8.42 Å². The smallest absolute Gasteiger partial charge is 0.231 e. The van der Waals surface area contributed by atoms with Gasteiger partial charge in [0.05, 0.1) is 6.61 Å². The fraction of sp³-hybridized carbons (Fsp3) is 0.793. The number of hydrogen-bond donors (Lipinski definition) is 5. The summed E-state index contributed by atoms with van der Waals surface area (Å²) >= 11 is 0. The molecule has 2 aliphatic carbocycles. The molecule has 0 aromatic heterocycles. The zero-order chi connectivity index (χ0) is 27.4. The van der Waals surface area contributed by atoms with Crippen LogP contribution in [0.4, 0.5) is 0 Å². The van der Waals surface area contributed by atoms with Crippen LogP contribution in [0.2, 0.25) is 0 Å². The van der Waals surface area contributed by atoms with Crippen molar-refractivity contribution in [3.8, 4) is 0 Å². The third-order valence-electron chi connectivity index (χ3n) is 9.76. The number of aryl methyl sites for hydroxylation is 2. The molecule has 5 aliphatic rings. The molecule has 3 saturated heterocycles. The van der Waals surface area contributed by atoms with Crippen LogP contribution in [0, 0.1) is 25.2 Å². The van der Waals surface area contributed by atoms with Crippen molar-refractivity contribution in [2.24, 2.45) is 11.3 Å². The summed E-state index contributed by atoms with van der Waals surface area (Å²) in [4.78, 5) is 2.69. The van der Waals surface area contributed by atoms with E-state index in [0.29, 0.717) is 36.6 Å². The number of hydrogen-bond acceptors (Lipinski definition) is 8. The van der Waals surface area contributed by atoms with Crippen LogP contribution in [-0.2, 0) is 14.8 Å². The van der Waals surface area contributed by atoms with E-state index in [2.05, 4.69) is 76.8 Å². The molecule has 5 unspecified atom stereocenters. The monoisotopic (exact) mass is 560 g/mol. The van der Waals surface area contributed by atoms with Gasteiger partial charge < -0.3 is 10.1 Å². The van der Waals surface area contributed by atoms with Crippen molar-refractivity contribution in [2.75, 3.05) is 26.2 Å². The highest BCUT2D eigenvalue weighted by Gasteiger charge is 2.55. The summed E-state index contributed by atoms with van der Waals surface area (Å²) in [5, 5.41) is 13.2. The van der Waals surface area contributed by atoms with Gasteiger partial charge in [0.25, 0.3) is 0 Å². The molecule has 39 heavy (non-hydrogen) atoms. The van der Waals surface area contributed by atoms with Gasteiger partial charge in [-0.1, -0.05) is 32.0 Å². The van der Waals surface area contributed by atoms with Crippen LogP contribution >= 0.6 is 0 Å². The summed E-state index contributed by atoms with van der Waals surface area (Å²) in [5.74, 6) is 0.551. The molecule has 6 rings (SSSR count). The number of benzene rings is 1. The number of sulfonamides is 1. The van der Waals surface area contributed by atoms with Crippen LogP contribution in [0.15, 0.2) is 18.2 Å². The van der Waals surface area contributed by atoms with Gasteiger partial charge in [0.1, 0.15) is 17.9 Å². The SMILES string of the molecule is Cc1cccc(C)c1C1CC2NC(N1)NS(=O)(=O)C1CNCC(CN(C3CC4(CC4)C3)[C@H](CC(C)C)CO2)N1. The van der Waals surface area contributed by atoms with Gasteiger partial charge in [0, 0.05) is 50.2 Å². The van der Waals surface area contributed by atoms with Gasteiger partial charge in [0.2, 0.25) is 10.0 Å². The van der Waals surface area contributed by atoms with Gasteiger partial charge in [-0.3, -0.25) is 20.9 Å². The van der Waals surface area contributed by atoms with E-state index in [1.165, 1.54) is 42.4 Å². The molecule has 9 nitrogen and oxygen atoms in total. The Bertz CT molecular complexity index is 1110. The molecule has 3 aliphatic heterocycles. The third-order valence-corrected chi connectivity index (χ3v) is 11.4. The maximum Gasteiger partial charge on any atom is 0.231 e. The molecule has 6 atom stereocenters. The zero-order valence-corrected chi connectivity index (χ0v) is 24.8. The van der Waals surface area contributed by atoms with Crippen LogP contribution in [0.25, 0.3) is 0 Å². The van der Waals surface area contributed by atoms with Crippen molar-refractivity contribution in [3.05, 3.63) is 34.9 Å². The Balaban J connectivity index is 1.31. The molecular formula is C29H48N6O3S. The van der Waals surface area contributed by atoms with E-state index >= 15 is 0 Å². The molecule has 5 fully saturated rings. The normalized spacial score (nSPS) is 36.9. The maximum absolute atomic E-state index is 13.6. The van der Waals surface area contributed by atoms with E-state index in [0.717, 1.165) is 25.9 Å². The first-order chi connectivity index (χ1) is 18.6. The van der Waals surface area contributed by atoms with Gasteiger partial charge in [-0.2, -0.15) is 4.72 Å². The first-order valence-electron chi connectivity index (χ1n) is 15.0. The highest BCUT2D eigenvalue weighted by Crippen LogP contribution is 2.62. The largest absolute Gasteiger partial charge is 0.362 e. The van der Waals surface area contributed by atoms with E-state index in [9.17, 15) is 8.42 Å². The number of fused-ring (bicyclic) bond motifs is 4. The summed E-state index contributed by atoms with van der Waals surface area (Å²) in [6.45, 7) is 11.5. The second-order valence-corrected chi connectivity index (χ2v) is 15.3. The van der Waals surface area contributed by atoms with E-state index < -0.39 is 21.7 Å². The number of nitrogens with one attached hydrogen (secondary N) is 5. The summed E-state index contributed by atoms with van der Waals surface area (Å²) in [6.07, 6.45) is 6.20. The van der Waals surface area contributed by atoms with E-state index in [1.54, 1.807) is 0 Å². The summed E-state index contributed by atoms with van der Waals surface area (Å²) < 4.78 is 36.9. The van der Waals surface area contributed by atoms with Crippen LogP contribution in [0.3, 0.4) is 0 Å². The minimum Gasteiger partial charge on any atom is -0.362 e. The lowest BCUT2D eigenvalue weighted by Crippen LogP contribution is -2.68. The molecule has 218 valence electrons. The van der Waals surface area contributed by atoms with Crippen molar-refractivity contribution in [1.29, 1.82) is 0 Å². The third kappa shape index (κ3) is 6.09. The van der Waals surface area contributed by atoms with Crippen LogP contribution in [-0.4, -0.2) is 75.6 Å². The molecule has 1 aromatic rings. The minimum absolute atomic E-state index is 0.0264. The average molecular weight is 561 g/mol. The van der Waals surface area contributed by atoms with Crippen molar-refractivity contribution < 1.29 is 13.2 Å². The molecular weight excluding hydrogens is 512 g/mol. The first-order valence-corrected chi connectivity index (χ1v) is 16.6. The minimum atomic E-state index is -3.66. The Kier molecular flexibility index (Phi) is 7.87. The maximum atomic E-state index is 13.6. The highest BCUT2D eigenvalue weighted by atomic mass is 32.2. The molecule has 1 spiro atoms. The molecule has 1 aromatic carbocycles. The summed E-state index contributed by atoms with van der Waals surface area (Å²) in [7, 11) is -3.66. The van der Waals surface area contributed by atoms with E-state index in [1.807, 2.05) is 0 Å². The number of piperazine rings is 1. The highest BCUT2D eigenvalue weighted by molar-refractivity contribution is 7.90. The number of rotatable bonds is 4. The van der Waals surface area contributed by atoms with E-state index in [4.69, 9.17) is 4.74 Å². The second kappa shape index (κ2) is 10.9. The van der Waals surface area contributed by atoms with Gasteiger partial charge in [-0.05, 0) is 74.0 Å². The van der Waals surface area contributed by atoms with Crippen molar-refractivity contribution in [1.82, 2.24) is 30.9 Å². The van der Waals surface area contributed by atoms with Gasteiger partial charge >= 0.3 is 0 Å². The van der Waals surface area contributed by atoms with Gasteiger partial charge in [-0.15, -0.1) is 0 Å². The van der Waals surface area contributed by atoms with Crippen molar-refractivity contribution in [2.45, 2.75) is 108 Å². The lowest BCUT2D eigenvalue weighted by atomic mass is 9.75. The first kappa shape index (κ1) is 28.0. The van der Waals surface area contributed by atoms with Crippen LogP contribution in [0.1, 0.15) is 75.1 Å². The predicted molar refractivity (Wildman–Crippen MR) is 153 cm³/mol. The van der Waals surface area contributed by atoms with Crippen LogP contribution < -0.4 is 26.0 Å². The Morgan fingerprint density at radius 1 is 1.08 bits per heavy atom. The second-order valence-electron chi connectivity index (χ2n) is 13.4. The van der Waals surface area contributed by atoms with Crippen molar-refractivity contribution in [3.63, 3.8) is 0 Å². The van der Waals surface area contributed by atoms with Crippen LogP contribution in [0.5, 0.6) is 0 Å². The summed E-state index contributed by atoms with van der Waals surface area (Å²) in [5.41, 5.74) is 4.24. The molecule has 2 saturated carbocycles. The predicted octanol–water partition coefficient (Wildman–Crippen LogP) is 2.03. The number of nitrogens with zero attached hydrogens (tertiary/aromatic N) is 1. The molecule has 0 amide bonds. The Morgan fingerprint density at radius 2 is 1.82 bits per heavy atom. The van der Waals surface area contributed by atoms with Crippen molar-refractivity contribution >= 4 is 10.0 Å². The molecule has 3 heterocycles. The Morgan fingerprint density at radius 3 is 2.51 bits per heavy atom. The molecule has 4 bridgehead atoms. The standard InChI is InChI=1S/C29H48N6O3S/c1-18(2)10-22-17-38-25-11-24(27-19(3)6-5-7-20(27)4)32-28(33-25)34-39(36,37)26-15-30-14-21(31-26)16-35(22)23-12-29(13-23)8-9-29/h5-7,18,21-26,28,30-34H,8-17H2,1-4H3/t21?,22-,24?,25?,26?,28?/m1/s1. The molecule has 10 heteroatoms. The zero-order valence-electron chi connectivity index (χ0n) is 24.0. The average Bonchev–Trinajstić information content (AvgIpc) is 3.65. The Hall–Kier alpha value is -1.11. The lowest BCUT2D eigenvalue weighted by molar-refractivity contribution is -0.0670. The molecule has 0 radical (unpaired) electrons. The van der Waals surface area contributed by atoms with E-state index in [-0.39, 0.29) is 18.3 Å². The fourth-order valence-corrected chi connectivity index (χ4v) is 8.90. The Labute approximate surface area is 234 Å². The molecule has 5 N–H and O–H groups in total. The lowest BCUT2D eigenvalue weighted by Gasteiger charge is -2.49.